The molecule has 0 bridgehead atoms. The molecule has 1 unspecified atom stereocenters. The third-order valence-corrected chi connectivity index (χ3v) is 3.79. The first-order valence-electron chi connectivity index (χ1n) is 6.51. The first-order chi connectivity index (χ1) is 9.52. The maximum atomic E-state index is 11.6. The molecule has 7 heteroatoms. The van der Waals surface area contributed by atoms with Crippen molar-refractivity contribution in [2.24, 2.45) is 12.8 Å². The summed E-state index contributed by atoms with van der Waals surface area (Å²) in [6.45, 7) is 2.08. The van der Waals surface area contributed by atoms with E-state index in [1.165, 1.54) is 0 Å². The zero-order valence-electron chi connectivity index (χ0n) is 11.4. The van der Waals surface area contributed by atoms with Crippen molar-refractivity contribution in [2.45, 2.75) is 25.7 Å². The second kappa shape index (κ2) is 4.29. The van der Waals surface area contributed by atoms with E-state index in [0.717, 1.165) is 35.4 Å². The molecule has 1 aliphatic rings. The zero-order valence-corrected chi connectivity index (χ0v) is 11.4. The number of nitrogens with zero attached hydrogens (tertiary/aromatic N) is 4. The Morgan fingerprint density at radius 2 is 2.30 bits per heavy atom. The second-order valence-electron chi connectivity index (χ2n) is 5.01. The van der Waals surface area contributed by atoms with Gasteiger partial charge in [0.25, 0.3) is 5.91 Å². The number of hydrogen-bond donors (Lipinski definition) is 2. The quantitative estimate of drug-likeness (QED) is 0.831. The Morgan fingerprint density at radius 1 is 1.55 bits per heavy atom. The first-order valence-corrected chi connectivity index (χ1v) is 6.51. The van der Waals surface area contributed by atoms with Gasteiger partial charge in [0.05, 0.1) is 11.4 Å². The summed E-state index contributed by atoms with van der Waals surface area (Å²) in [4.78, 5) is 20.0. The fourth-order valence-corrected chi connectivity index (χ4v) is 2.88. The minimum Gasteiger partial charge on any atom is -0.368 e. The molecule has 20 heavy (non-hydrogen) atoms. The van der Waals surface area contributed by atoms with Crippen LogP contribution in [0, 0.1) is 0 Å². The number of carbonyl (C=O) groups is 1. The van der Waals surface area contributed by atoms with Crippen molar-refractivity contribution < 1.29 is 4.79 Å². The summed E-state index contributed by atoms with van der Waals surface area (Å²) in [6, 6.07) is 0. The molecule has 1 atom stereocenters. The van der Waals surface area contributed by atoms with Gasteiger partial charge in [0.1, 0.15) is 0 Å². The number of fused-ring (bicyclic) bond motifs is 3. The maximum absolute atomic E-state index is 11.6. The monoisotopic (exact) mass is 272 g/mol. The number of aryl methyl sites for hydroxylation is 1. The number of aromatic nitrogens is 4. The topological polar surface area (TPSA) is 113 Å². The van der Waals surface area contributed by atoms with Gasteiger partial charge in [-0.25, -0.2) is 9.97 Å². The molecule has 4 N–H and O–H groups in total. The van der Waals surface area contributed by atoms with Crippen LogP contribution in [0.1, 0.15) is 40.9 Å². The van der Waals surface area contributed by atoms with Crippen LogP contribution in [0.2, 0.25) is 0 Å². The molecule has 0 fully saturated rings. The molecular weight excluding hydrogens is 256 g/mol. The summed E-state index contributed by atoms with van der Waals surface area (Å²) in [7, 11) is 1.78. The van der Waals surface area contributed by atoms with Gasteiger partial charge in [-0.1, -0.05) is 6.92 Å². The highest BCUT2D eigenvalue weighted by atomic mass is 16.1. The van der Waals surface area contributed by atoms with Crippen molar-refractivity contribution in [3.63, 3.8) is 0 Å². The van der Waals surface area contributed by atoms with Crippen LogP contribution in [-0.4, -0.2) is 25.7 Å². The molecule has 2 heterocycles. The van der Waals surface area contributed by atoms with Crippen molar-refractivity contribution in [2.75, 3.05) is 5.73 Å². The molecule has 0 saturated heterocycles. The molecule has 0 aromatic carbocycles. The predicted molar refractivity (Wildman–Crippen MR) is 73.9 cm³/mol. The fourth-order valence-electron chi connectivity index (χ4n) is 2.88. The van der Waals surface area contributed by atoms with Crippen LogP contribution >= 0.6 is 0 Å². The number of rotatable bonds is 2. The van der Waals surface area contributed by atoms with Gasteiger partial charge >= 0.3 is 0 Å². The maximum Gasteiger partial charge on any atom is 0.269 e. The third kappa shape index (κ3) is 1.66. The van der Waals surface area contributed by atoms with Crippen LogP contribution in [-0.2, 0) is 13.5 Å². The number of hydrogen-bond acceptors (Lipinski definition) is 5. The Balaban J connectivity index is 2.33. The predicted octanol–water partition coefficient (Wildman–Crippen LogP) is 0.608. The summed E-state index contributed by atoms with van der Waals surface area (Å²) in [5.74, 6) is -0.0989. The van der Waals surface area contributed by atoms with Crippen LogP contribution in [0.3, 0.4) is 0 Å². The highest BCUT2D eigenvalue weighted by molar-refractivity contribution is 5.95. The first kappa shape index (κ1) is 12.6. The lowest BCUT2D eigenvalue weighted by Crippen LogP contribution is -2.19. The summed E-state index contributed by atoms with van der Waals surface area (Å²) in [5, 5.41) is 4.26. The lowest BCUT2D eigenvalue weighted by atomic mass is 9.82. The second-order valence-corrected chi connectivity index (χ2v) is 5.01. The molecule has 2 aromatic heterocycles. The number of nitrogens with two attached hydrogens (primary N) is 2. The molecule has 0 spiro atoms. The van der Waals surface area contributed by atoms with Crippen molar-refractivity contribution in [3.05, 3.63) is 23.0 Å². The molecule has 7 nitrogen and oxygen atoms in total. The Morgan fingerprint density at radius 3 is 2.95 bits per heavy atom. The zero-order chi connectivity index (χ0) is 14.4. The Labute approximate surface area is 116 Å². The minimum absolute atomic E-state index is 0.195. The van der Waals surface area contributed by atoms with Crippen LogP contribution in [0.5, 0.6) is 0 Å². The summed E-state index contributed by atoms with van der Waals surface area (Å²) < 4.78 is 1.66. The van der Waals surface area contributed by atoms with Gasteiger partial charge in [0.15, 0.2) is 5.69 Å². The van der Waals surface area contributed by atoms with E-state index in [1.807, 2.05) is 0 Å². The van der Waals surface area contributed by atoms with Crippen molar-refractivity contribution in [1.29, 1.82) is 0 Å². The van der Waals surface area contributed by atoms with Crippen molar-refractivity contribution >= 4 is 11.9 Å². The number of carbonyl (C=O) groups excluding carboxylic acids is 1. The van der Waals surface area contributed by atoms with Crippen LogP contribution in [0.25, 0.3) is 11.4 Å². The van der Waals surface area contributed by atoms with Crippen molar-refractivity contribution in [3.8, 4) is 11.4 Å². The molecule has 3 rings (SSSR count). The minimum atomic E-state index is -0.509. The number of amides is 1. The van der Waals surface area contributed by atoms with Gasteiger partial charge in [0, 0.05) is 18.8 Å². The summed E-state index contributed by atoms with van der Waals surface area (Å²) in [6.07, 6.45) is 3.41. The summed E-state index contributed by atoms with van der Waals surface area (Å²) >= 11 is 0. The standard InChI is InChI=1S/C13H16N6O/c1-3-6-4-7-5-16-13(15)17-9(7)11-8(6)10(12(14)20)18-19(11)2/h5-6H,3-4H2,1-2H3,(H2,14,20)(H2,15,16,17). The average molecular weight is 272 g/mol. The Kier molecular flexibility index (Phi) is 2.70. The van der Waals surface area contributed by atoms with Gasteiger partial charge in [-0.05, 0) is 24.3 Å². The third-order valence-electron chi connectivity index (χ3n) is 3.79. The van der Waals surface area contributed by atoms with Gasteiger partial charge in [0.2, 0.25) is 5.95 Å². The highest BCUT2D eigenvalue weighted by Gasteiger charge is 2.33. The van der Waals surface area contributed by atoms with E-state index in [0.29, 0.717) is 5.69 Å². The molecular formula is C13H16N6O. The normalized spacial score (nSPS) is 16.6. The SMILES string of the molecule is CCC1Cc2cnc(N)nc2-c2c1c(C(N)=O)nn2C. The van der Waals surface area contributed by atoms with E-state index in [2.05, 4.69) is 22.0 Å². The van der Waals surface area contributed by atoms with E-state index in [4.69, 9.17) is 11.5 Å². The molecule has 0 radical (unpaired) electrons. The number of anilines is 1. The molecule has 2 aromatic rings. The van der Waals surface area contributed by atoms with Crippen molar-refractivity contribution in [1.82, 2.24) is 19.7 Å². The Bertz CT molecular complexity index is 705. The molecule has 1 aliphatic carbocycles. The van der Waals surface area contributed by atoms with E-state index in [9.17, 15) is 4.79 Å². The Hall–Kier alpha value is -2.44. The average Bonchev–Trinajstić information content (AvgIpc) is 2.76. The molecule has 104 valence electrons. The fraction of sp³-hybridized carbons (Fsp3) is 0.385. The lowest BCUT2D eigenvalue weighted by Gasteiger charge is -2.24. The lowest BCUT2D eigenvalue weighted by molar-refractivity contribution is 0.0993. The van der Waals surface area contributed by atoms with Gasteiger partial charge < -0.3 is 11.5 Å². The van der Waals surface area contributed by atoms with E-state index in [1.54, 1.807) is 17.9 Å². The largest absolute Gasteiger partial charge is 0.368 e. The summed E-state index contributed by atoms with van der Waals surface area (Å²) in [5.41, 5.74) is 14.9. The van der Waals surface area contributed by atoms with Crippen LogP contribution in [0.4, 0.5) is 5.95 Å². The smallest absolute Gasteiger partial charge is 0.269 e. The van der Waals surface area contributed by atoms with E-state index in [-0.39, 0.29) is 11.9 Å². The highest BCUT2D eigenvalue weighted by Crippen LogP contribution is 2.41. The van der Waals surface area contributed by atoms with Gasteiger partial charge in [-0.3, -0.25) is 9.48 Å². The molecule has 0 saturated carbocycles. The van der Waals surface area contributed by atoms with Gasteiger partial charge in [-0.15, -0.1) is 0 Å². The van der Waals surface area contributed by atoms with Gasteiger partial charge in [-0.2, -0.15) is 5.10 Å². The molecule has 0 aliphatic heterocycles. The number of primary amides is 1. The van der Waals surface area contributed by atoms with Crippen LogP contribution < -0.4 is 11.5 Å². The van der Waals surface area contributed by atoms with Crippen LogP contribution in [0.15, 0.2) is 6.20 Å². The molecule has 1 amide bonds. The van der Waals surface area contributed by atoms with E-state index >= 15 is 0 Å². The number of nitrogen functional groups attached to an aromatic ring is 1. The van der Waals surface area contributed by atoms with E-state index < -0.39 is 5.91 Å².